The molecule has 2 N–H and O–H groups in total. The minimum Gasteiger partial charge on any atom is -0.507 e. The van der Waals surface area contributed by atoms with Crippen LogP contribution in [-0.2, 0) is 32.3 Å². The molecule has 206 valence electrons. The van der Waals surface area contributed by atoms with Crippen LogP contribution < -0.4 is 9.47 Å². The maximum Gasteiger partial charge on any atom is 0.126 e. The minimum absolute atomic E-state index is 0.301. The first-order valence-corrected chi connectivity index (χ1v) is 14.2. The highest BCUT2D eigenvalue weighted by atomic mass is 16.5. The fraction of sp³-hybridized carbons (Fsp3) is 0.189. The summed E-state index contributed by atoms with van der Waals surface area (Å²) < 4.78 is 12.7. The molecule has 5 aromatic rings. The van der Waals surface area contributed by atoms with Crippen molar-refractivity contribution in [3.05, 3.63) is 153 Å². The number of para-hydroxylation sites is 4. The van der Waals surface area contributed by atoms with Crippen LogP contribution in [0.15, 0.2) is 103 Å². The molecular weight excluding hydrogens is 508 g/mol. The maximum absolute atomic E-state index is 11.5. The van der Waals surface area contributed by atoms with Gasteiger partial charge in [0.2, 0.25) is 0 Å². The number of phenolic OH excluding ortho intramolecular Hbond substituents is 2. The molecule has 1 aliphatic rings. The van der Waals surface area contributed by atoms with E-state index in [4.69, 9.17) is 9.47 Å². The van der Waals surface area contributed by atoms with E-state index in [1.807, 2.05) is 73.7 Å². The zero-order chi connectivity index (χ0) is 28.2. The zero-order valence-electron chi connectivity index (χ0n) is 23.3. The maximum atomic E-state index is 11.5. The highest BCUT2D eigenvalue weighted by Gasteiger charge is 2.20. The molecule has 0 aliphatic heterocycles. The van der Waals surface area contributed by atoms with E-state index in [1.165, 1.54) is 0 Å². The standard InChI is InChI=1S/C37H34O4/c1-2-40-36-30-16-8-17-31(36)21-27-13-7-15-29(35(27)39)23-33-19-9-18-32(22-28-14-6-12-26(20-30)34(28)38)37(33)41-24-25-10-4-3-5-11-25/h3-19,38-39H,2,20-24H2,1H3. The van der Waals surface area contributed by atoms with Gasteiger partial charge >= 0.3 is 0 Å². The van der Waals surface area contributed by atoms with Crippen LogP contribution in [0.2, 0.25) is 0 Å². The van der Waals surface area contributed by atoms with Gasteiger partial charge in [0.15, 0.2) is 0 Å². The van der Waals surface area contributed by atoms with E-state index in [1.54, 1.807) is 0 Å². The van der Waals surface area contributed by atoms with Crippen LogP contribution in [0.4, 0.5) is 0 Å². The molecule has 6 rings (SSSR count). The number of phenols is 2. The zero-order valence-corrected chi connectivity index (χ0v) is 23.3. The molecule has 1 aliphatic carbocycles. The lowest BCUT2D eigenvalue weighted by atomic mass is 9.91. The van der Waals surface area contributed by atoms with E-state index in [-0.39, 0.29) is 0 Å². The van der Waals surface area contributed by atoms with Crippen LogP contribution >= 0.6 is 0 Å². The minimum atomic E-state index is 0.301. The second-order valence-corrected chi connectivity index (χ2v) is 10.6. The predicted molar refractivity (Wildman–Crippen MR) is 162 cm³/mol. The third-order valence-electron chi connectivity index (χ3n) is 7.80. The normalized spacial score (nSPS) is 12.5. The van der Waals surface area contributed by atoms with Crippen molar-refractivity contribution < 1.29 is 19.7 Å². The van der Waals surface area contributed by atoms with Crippen molar-refractivity contribution in [2.24, 2.45) is 0 Å². The molecule has 41 heavy (non-hydrogen) atoms. The van der Waals surface area contributed by atoms with Crippen LogP contribution in [0.3, 0.4) is 0 Å². The van der Waals surface area contributed by atoms with Crippen molar-refractivity contribution in [3.63, 3.8) is 0 Å². The van der Waals surface area contributed by atoms with E-state index in [9.17, 15) is 10.2 Å². The molecule has 0 saturated heterocycles. The van der Waals surface area contributed by atoms with Crippen molar-refractivity contribution in [2.75, 3.05) is 6.61 Å². The van der Waals surface area contributed by atoms with Gasteiger partial charge in [-0.05, 0) is 57.0 Å². The highest BCUT2D eigenvalue weighted by molar-refractivity contribution is 5.55. The highest BCUT2D eigenvalue weighted by Crippen LogP contribution is 2.38. The molecule has 0 fully saturated rings. The van der Waals surface area contributed by atoms with Gasteiger partial charge in [-0.25, -0.2) is 0 Å². The van der Waals surface area contributed by atoms with Gasteiger partial charge in [0.1, 0.15) is 29.6 Å². The molecule has 0 amide bonds. The molecule has 0 atom stereocenters. The summed E-state index contributed by atoms with van der Waals surface area (Å²) >= 11 is 0. The Hall–Kier alpha value is -4.70. The number of hydrogen-bond acceptors (Lipinski definition) is 4. The second kappa shape index (κ2) is 11.8. The molecule has 0 unspecified atom stereocenters. The molecule has 0 aromatic heterocycles. The Kier molecular flexibility index (Phi) is 7.64. The summed E-state index contributed by atoms with van der Waals surface area (Å²) in [6.45, 7) is 2.94. The number of fused-ring (bicyclic) bond motifs is 8. The van der Waals surface area contributed by atoms with E-state index < -0.39 is 0 Å². The summed E-state index contributed by atoms with van der Waals surface area (Å²) in [6.07, 6.45) is 2.10. The number of benzene rings is 5. The smallest absolute Gasteiger partial charge is 0.126 e. The number of aromatic hydroxyl groups is 2. The van der Waals surface area contributed by atoms with Gasteiger partial charge in [-0.15, -0.1) is 0 Å². The second-order valence-electron chi connectivity index (χ2n) is 10.6. The molecule has 0 radical (unpaired) electrons. The Balaban J connectivity index is 1.50. The van der Waals surface area contributed by atoms with Gasteiger partial charge in [0.25, 0.3) is 0 Å². The Morgan fingerprint density at radius 2 is 0.829 bits per heavy atom. The lowest BCUT2D eigenvalue weighted by Gasteiger charge is -2.20. The van der Waals surface area contributed by atoms with Gasteiger partial charge in [0, 0.05) is 25.7 Å². The van der Waals surface area contributed by atoms with Gasteiger partial charge in [-0.2, -0.15) is 0 Å². The average Bonchev–Trinajstić information content (AvgIpc) is 2.98. The first-order chi connectivity index (χ1) is 20.1. The van der Waals surface area contributed by atoms with Crippen LogP contribution in [0, 0.1) is 0 Å². The topological polar surface area (TPSA) is 58.9 Å². The van der Waals surface area contributed by atoms with Crippen molar-refractivity contribution in [1.29, 1.82) is 0 Å². The summed E-state index contributed by atoms with van der Waals surface area (Å²) in [6, 6.07) is 34.3. The fourth-order valence-corrected chi connectivity index (χ4v) is 5.76. The summed E-state index contributed by atoms with van der Waals surface area (Å²) in [7, 11) is 0. The Morgan fingerprint density at radius 3 is 1.22 bits per heavy atom. The first-order valence-electron chi connectivity index (χ1n) is 14.2. The molecule has 5 aromatic carbocycles. The van der Waals surface area contributed by atoms with Gasteiger partial charge in [-0.1, -0.05) is 103 Å². The Labute approximate surface area is 241 Å². The van der Waals surface area contributed by atoms with Crippen molar-refractivity contribution in [2.45, 2.75) is 39.2 Å². The van der Waals surface area contributed by atoms with Gasteiger partial charge in [0.05, 0.1) is 6.61 Å². The van der Waals surface area contributed by atoms with Crippen LogP contribution in [0.25, 0.3) is 0 Å². The number of rotatable bonds is 5. The molecular formula is C37H34O4. The molecule has 0 saturated carbocycles. The van der Waals surface area contributed by atoms with E-state index >= 15 is 0 Å². The molecule has 0 spiro atoms. The quantitative estimate of drug-likeness (QED) is 0.234. The summed E-state index contributed by atoms with van der Waals surface area (Å²) in [4.78, 5) is 0. The van der Waals surface area contributed by atoms with Crippen molar-refractivity contribution in [1.82, 2.24) is 0 Å². The third kappa shape index (κ3) is 5.64. The Morgan fingerprint density at radius 1 is 0.463 bits per heavy atom. The number of hydrogen-bond donors (Lipinski definition) is 2. The molecule has 4 heteroatoms. The summed E-state index contributed by atoms with van der Waals surface area (Å²) in [5.41, 5.74) is 8.46. The van der Waals surface area contributed by atoms with Gasteiger partial charge < -0.3 is 19.7 Å². The third-order valence-corrected chi connectivity index (χ3v) is 7.80. The SMILES string of the molecule is CCOc1c2cccc1Cc1cccc(c1O)Cc1cccc(c1OCc1ccccc1)Cc1cccc(c1O)C2. The largest absolute Gasteiger partial charge is 0.507 e. The average molecular weight is 543 g/mol. The van der Waals surface area contributed by atoms with E-state index in [2.05, 4.69) is 36.4 Å². The van der Waals surface area contributed by atoms with E-state index in [0.29, 0.717) is 50.4 Å². The van der Waals surface area contributed by atoms with Crippen LogP contribution in [0.5, 0.6) is 23.0 Å². The fourth-order valence-electron chi connectivity index (χ4n) is 5.76. The molecule has 4 nitrogen and oxygen atoms in total. The van der Waals surface area contributed by atoms with Crippen molar-refractivity contribution >= 4 is 0 Å². The lowest BCUT2D eigenvalue weighted by molar-refractivity contribution is 0.300. The first kappa shape index (κ1) is 26.5. The predicted octanol–water partition coefficient (Wildman–Crippen LogP) is 7.75. The molecule has 0 heterocycles. The summed E-state index contributed by atoms with van der Waals surface area (Å²) in [5.74, 6) is 2.21. The van der Waals surface area contributed by atoms with Crippen LogP contribution in [0.1, 0.15) is 57.0 Å². The molecule has 8 bridgehead atoms. The lowest BCUT2D eigenvalue weighted by Crippen LogP contribution is -2.06. The summed E-state index contributed by atoms with van der Waals surface area (Å²) in [5, 5.41) is 22.9. The monoisotopic (exact) mass is 542 g/mol. The number of ether oxygens (including phenoxy) is 2. The van der Waals surface area contributed by atoms with E-state index in [0.717, 1.165) is 61.6 Å². The van der Waals surface area contributed by atoms with Crippen molar-refractivity contribution in [3.8, 4) is 23.0 Å². The Bertz CT molecular complexity index is 1580. The van der Waals surface area contributed by atoms with Crippen LogP contribution in [-0.4, -0.2) is 16.8 Å². The van der Waals surface area contributed by atoms with Gasteiger partial charge in [-0.3, -0.25) is 0 Å².